The van der Waals surface area contributed by atoms with Gasteiger partial charge in [-0.3, -0.25) is 4.79 Å². The minimum atomic E-state index is -0.160. The van der Waals surface area contributed by atoms with E-state index in [1.54, 1.807) is 6.92 Å². The van der Waals surface area contributed by atoms with E-state index in [9.17, 15) is 4.79 Å². The van der Waals surface area contributed by atoms with E-state index in [1.165, 1.54) is 0 Å². The molecule has 1 nitrogen and oxygen atoms in total. The maximum absolute atomic E-state index is 11.3. The van der Waals surface area contributed by atoms with Crippen molar-refractivity contribution < 1.29 is 4.79 Å². The Kier molecular flexibility index (Phi) is 1.70. The fourth-order valence-electron chi connectivity index (χ4n) is 1.63. The summed E-state index contributed by atoms with van der Waals surface area (Å²) in [6, 6.07) is 0. The molecule has 1 aliphatic rings. The number of hydrogen-bond acceptors (Lipinski definition) is 1. The van der Waals surface area contributed by atoms with Crippen molar-refractivity contribution >= 4 is 5.78 Å². The van der Waals surface area contributed by atoms with Gasteiger partial charge in [-0.15, -0.1) is 0 Å². The summed E-state index contributed by atoms with van der Waals surface area (Å²) in [4.78, 5) is 11.3. The predicted molar refractivity (Wildman–Crippen MR) is 46.3 cm³/mol. The Hall–Kier alpha value is -0.590. The first-order chi connectivity index (χ1) is 4.90. The van der Waals surface area contributed by atoms with Gasteiger partial charge in [0.15, 0.2) is 0 Å². The molecule has 0 aromatic carbocycles. The van der Waals surface area contributed by atoms with E-state index in [1.807, 2.05) is 0 Å². The highest BCUT2D eigenvalue weighted by Crippen LogP contribution is 2.48. The fraction of sp³-hybridized carbons (Fsp3) is 0.700. The lowest BCUT2D eigenvalue weighted by molar-refractivity contribution is -0.129. The van der Waals surface area contributed by atoms with Gasteiger partial charge in [0.1, 0.15) is 5.78 Å². The van der Waals surface area contributed by atoms with Crippen molar-refractivity contribution in [2.75, 3.05) is 0 Å². The average molecular weight is 152 g/mol. The minimum absolute atomic E-state index is 0.0405. The summed E-state index contributed by atoms with van der Waals surface area (Å²) in [6.45, 7) is 7.99. The molecular formula is C10H16O. The van der Waals surface area contributed by atoms with E-state index in [0.29, 0.717) is 5.78 Å². The van der Waals surface area contributed by atoms with Crippen LogP contribution in [0.1, 0.15) is 34.1 Å². The molecule has 0 saturated carbocycles. The Morgan fingerprint density at radius 3 is 2.09 bits per heavy atom. The molecule has 0 bridgehead atoms. The zero-order valence-electron chi connectivity index (χ0n) is 7.77. The standard InChI is InChI=1S/C10H16O/c1-8(11)10(4)7-5-6-9(10,2)3/h5-6H,7H2,1-4H3. The molecule has 1 rings (SSSR count). The Bertz CT molecular complexity index is 213. The van der Waals surface area contributed by atoms with Gasteiger partial charge < -0.3 is 0 Å². The summed E-state index contributed by atoms with van der Waals surface area (Å²) in [5.74, 6) is 0.299. The molecular weight excluding hydrogens is 136 g/mol. The maximum Gasteiger partial charge on any atom is 0.136 e. The topological polar surface area (TPSA) is 17.1 Å². The third kappa shape index (κ3) is 1.03. The van der Waals surface area contributed by atoms with Crippen molar-refractivity contribution in [2.24, 2.45) is 10.8 Å². The lowest BCUT2D eigenvalue weighted by atomic mass is 9.67. The number of carbonyl (C=O) groups excluding carboxylic acids is 1. The first kappa shape index (κ1) is 8.51. The van der Waals surface area contributed by atoms with Gasteiger partial charge in [0.25, 0.3) is 0 Å². The number of Topliss-reactive ketones (excluding diaryl/α,β-unsaturated/α-hetero) is 1. The summed E-state index contributed by atoms with van der Waals surface area (Å²) >= 11 is 0. The molecule has 0 radical (unpaired) electrons. The van der Waals surface area contributed by atoms with Crippen molar-refractivity contribution in [3.05, 3.63) is 12.2 Å². The van der Waals surface area contributed by atoms with Crippen LogP contribution in [-0.4, -0.2) is 5.78 Å². The van der Waals surface area contributed by atoms with E-state index in [-0.39, 0.29) is 10.8 Å². The molecule has 0 fully saturated rings. The Labute approximate surface area is 68.5 Å². The zero-order chi connectivity index (χ0) is 8.70. The highest BCUT2D eigenvalue weighted by Gasteiger charge is 2.45. The van der Waals surface area contributed by atoms with E-state index >= 15 is 0 Å². The number of ketones is 1. The van der Waals surface area contributed by atoms with Crippen LogP contribution in [0.25, 0.3) is 0 Å². The molecule has 1 heteroatoms. The lowest BCUT2D eigenvalue weighted by Gasteiger charge is -2.35. The SMILES string of the molecule is CC(=O)C1(C)CC=CC1(C)C. The molecule has 11 heavy (non-hydrogen) atoms. The Balaban J connectivity index is 2.99. The molecule has 0 spiro atoms. The van der Waals surface area contributed by atoms with Gasteiger partial charge in [-0.25, -0.2) is 0 Å². The molecule has 1 aliphatic carbocycles. The van der Waals surface area contributed by atoms with E-state index < -0.39 is 0 Å². The van der Waals surface area contributed by atoms with Gasteiger partial charge >= 0.3 is 0 Å². The third-order valence-electron chi connectivity index (χ3n) is 3.26. The van der Waals surface area contributed by atoms with Gasteiger partial charge in [0, 0.05) is 5.41 Å². The molecule has 0 aromatic rings. The number of hydrogen-bond donors (Lipinski definition) is 0. The molecule has 0 amide bonds. The first-order valence-electron chi connectivity index (χ1n) is 4.09. The second-order valence-corrected chi connectivity index (χ2v) is 4.22. The molecule has 0 aliphatic heterocycles. The molecule has 0 heterocycles. The molecule has 0 aromatic heterocycles. The van der Waals surface area contributed by atoms with Crippen LogP contribution in [0.4, 0.5) is 0 Å². The van der Waals surface area contributed by atoms with Crippen LogP contribution in [0.2, 0.25) is 0 Å². The van der Waals surface area contributed by atoms with Gasteiger partial charge in [0.05, 0.1) is 0 Å². The highest BCUT2D eigenvalue weighted by molar-refractivity contribution is 5.84. The fourth-order valence-corrected chi connectivity index (χ4v) is 1.63. The van der Waals surface area contributed by atoms with Gasteiger partial charge in [-0.2, -0.15) is 0 Å². The number of carbonyl (C=O) groups is 1. The third-order valence-corrected chi connectivity index (χ3v) is 3.26. The molecule has 1 unspecified atom stereocenters. The smallest absolute Gasteiger partial charge is 0.136 e. The Morgan fingerprint density at radius 1 is 1.36 bits per heavy atom. The van der Waals surface area contributed by atoms with Crippen molar-refractivity contribution in [2.45, 2.75) is 34.1 Å². The van der Waals surface area contributed by atoms with Crippen molar-refractivity contribution in [1.82, 2.24) is 0 Å². The minimum Gasteiger partial charge on any atom is -0.299 e. The van der Waals surface area contributed by atoms with Crippen molar-refractivity contribution in [1.29, 1.82) is 0 Å². The van der Waals surface area contributed by atoms with E-state index in [4.69, 9.17) is 0 Å². The van der Waals surface area contributed by atoms with Crippen LogP contribution in [-0.2, 0) is 4.79 Å². The van der Waals surface area contributed by atoms with E-state index in [0.717, 1.165) is 6.42 Å². The first-order valence-corrected chi connectivity index (χ1v) is 4.09. The summed E-state index contributed by atoms with van der Waals surface area (Å²) in [6.07, 6.45) is 5.16. The normalized spacial score (nSPS) is 34.2. The largest absolute Gasteiger partial charge is 0.299 e. The second-order valence-electron chi connectivity index (χ2n) is 4.22. The monoisotopic (exact) mass is 152 g/mol. The van der Waals surface area contributed by atoms with Crippen molar-refractivity contribution in [3.63, 3.8) is 0 Å². The zero-order valence-corrected chi connectivity index (χ0v) is 7.77. The van der Waals surface area contributed by atoms with Crippen LogP contribution in [0.3, 0.4) is 0 Å². The highest BCUT2D eigenvalue weighted by atomic mass is 16.1. The second kappa shape index (κ2) is 2.20. The molecule has 0 saturated heterocycles. The van der Waals surface area contributed by atoms with Crippen molar-refractivity contribution in [3.8, 4) is 0 Å². The Morgan fingerprint density at radius 2 is 1.91 bits per heavy atom. The maximum atomic E-state index is 11.3. The molecule has 1 atom stereocenters. The van der Waals surface area contributed by atoms with Crippen LogP contribution >= 0.6 is 0 Å². The van der Waals surface area contributed by atoms with Gasteiger partial charge in [0.2, 0.25) is 0 Å². The molecule has 0 N–H and O–H groups in total. The van der Waals surface area contributed by atoms with Gasteiger partial charge in [-0.1, -0.05) is 32.9 Å². The predicted octanol–water partition coefficient (Wildman–Crippen LogP) is 2.57. The average Bonchev–Trinajstić information content (AvgIpc) is 2.09. The molecule has 62 valence electrons. The van der Waals surface area contributed by atoms with Crippen LogP contribution in [0, 0.1) is 10.8 Å². The summed E-state index contributed by atoms with van der Waals surface area (Å²) in [7, 11) is 0. The van der Waals surface area contributed by atoms with Crippen LogP contribution in [0.5, 0.6) is 0 Å². The van der Waals surface area contributed by atoms with Crippen LogP contribution in [0.15, 0.2) is 12.2 Å². The summed E-state index contributed by atoms with van der Waals surface area (Å²) < 4.78 is 0. The lowest BCUT2D eigenvalue weighted by Crippen LogP contribution is -2.36. The number of rotatable bonds is 1. The van der Waals surface area contributed by atoms with Crippen LogP contribution < -0.4 is 0 Å². The summed E-state index contributed by atoms with van der Waals surface area (Å²) in [5, 5.41) is 0. The van der Waals surface area contributed by atoms with E-state index in [2.05, 4.69) is 32.9 Å². The van der Waals surface area contributed by atoms with Gasteiger partial charge in [-0.05, 0) is 18.8 Å². The quantitative estimate of drug-likeness (QED) is 0.528. The number of allylic oxidation sites excluding steroid dienone is 2. The summed E-state index contributed by atoms with van der Waals surface area (Å²) in [5.41, 5.74) is -0.119.